The van der Waals surface area contributed by atoms with Crippen LogP contribution in [0, 0.1) is 11.3 Å². The van der Waals surface area contributed by atoms with Gasteiger partial charge in [-0.25, -0.2) is 0 Å². The Morgan fingerprint density at radius 2 is 2.18 bits per heavy atom. The van der Waals surface area contributed by atoms with E-state index in [4.69, 9.17) is 5.26 Å². The highest BCUT2D eigenvalue weighted by atomic mass is 16.3. The molecule has 2 saturated heterocycles. The van der Waals surface area contributed by atoms with Crippen molar-refractivity contribution in [1.82, 2.24) is 10.2 Å². The minimum absolute atomic E-state index is 0.00505. The Morgan fingerprint density at radius 3 is 2.91 bits per heavy atom. The molecule has 2 aliphatic heterocycles. The predicted molar refractivity (Wildman–Crippen MR) is 79.3 cm³/mol. The van der Waals surface area contributed by atoms with Gasteiger partial charge in [-0.15, -0.1) is 0 Å². The molecule has 22 heavy (non-hydrogen) atoms. The first-order valence-electron chi connectivity index (χ1n) is 7.55. The number of nitrogens with one attached hydrogen (secondary N) is 1. The van der Waals surface area contributed by atoms with Gasteiger partial charge in [0.25, 0.3) is 0 Å². The number of benzene rings is 1. The molecular weight excluding hydrogens is 282 g/mol. The topological polar surface area (TPSA) is 96.6 Å². The van der Waals surface area contributed by atoms with Gasteiger partial charge >= 0.3 is 0 Å². The minimum atomic E-state index is -0.300. The van der Waals surface area contributed by atoms with E-state index >= 15 is 0 Å². The number of nitriles is 1. The van der Waals surface area contributed by atoms with Gasteiger partial charge in [0.15, 0.2) is 11.5 Å². The molecule has 3 N–H and O–H groups in total. The summed E-state index contributed by atoms with van der Waals surface area (Å²) in [6, 6.07) is 6.38. The summed E-state index contributed by atoms with van der Waals surface area (Å²) in [7, 11) is 0. The van der Waals surface area contributed by atoms with Gasteiger partial charge in [-0.1, -0.05) is 6.07 Å². The maximum Gasteiger partial charge on any atom is 0.240 e. The number of hydrogen-bond acceptors (Lipinski definition) is 5. The predicted octanol–water partition coefficient (Wildman–Crippen LogP) is 1.06. The zero-order valence-electron chi connectivity index (χ0n) is 12.2. The first-order valence-corrected chi connectivity index (χ1v) is 7.55. The van der Waals surface area contributed by atoms with Crippen molar-refractivity contribution < 1.29 is 15.0 Å². The Labute approximate surface area is 129 Å². The first-order chi connectivity index (χ1) is 10.6. The Balaban J connectivity index is 1.68. The van der Waals surface area contributed by atoms with Gasteiger partial charge in [-0.05, 0) is 42.9 Å². The lowest BCUT2D eigenvalue weighted by atomic mass is 9.95. The summed E-state index contributed by atoms with van der Waals surface area (Å²) >= 11 is 0. The van der Waals surface area contributed by atoms with Gasteiger partial charge in [0.2, 0.25) is 5.91 Å². The summed E-state index contributed by atoms with van der Waals surface area (Å²) in [6.45, 7) is 1.30. The lowest BCUT2D eigenvalue weighted by molar-refractivity contribution is -0.133. The molecule has 2 heterocycles. The van der Waals surface area contributed by atoms with Crippen LogP contribution in [0.1, 0.15) is 30.7 Å². The zero-order chi connectivity index (χ0) is 15.7. The third-order valence-electron chi connectivity index (χ3n) is 4.58. The number of phenols is 2. The minimum Gasteiger partial charge on any atom is -0.504 e. The fraction of sp³-hybridized carbons (Fsp3) is 0.500. The molecule has 3 rings (SSSR count). The van der Waals surface area contributed by atoms with Gasteiger partial charge in [0, 0.05) is 13.1 Å². The summed E-state index contributed by atoms with van der Waals surface area (Å²) in [5, 5.41) is 31.3. The molecule has 0 unspecified atom stereocenters. The van der Waals surface area contributed by atoms with Crippen molar-refractivity contribution in [3.8, 4) is 17.6 Å². The average molecular weight is 301 g/mol. The fourth-order valence-electron chi connectivity index (χ4n) is 3.34. The van der Waals surface area contributed by atoms with Gasteiger partial charge in [0.1, 0.15) is 6.04 Å². The van der Waals surface area contributed by atoms with Crippen LogP contribution >= 0.6 is 0 Å². The molecule has 1 aromatic rings. The van der Waals surface area contributed by atoms with E-state index in [1.54, 1.807) is 17.0 Å². The van der Waals surface area contributed by atoms with Crippen LogP contribution in [0.4, 0.5) is 0 Å². The highest BCUT2D eigenvalue weighted by Gasteiger charge is 2.37. The van der Waals surface area contributed by atoms with E-state index < -0.39 is 0 Å². The number of carbonyl (C=O) groups is 1. The van der Waals surface area contributed by atoms with E-state index in [0.717, 1.165) is 18.4 Å². The largest absolute Gasteiger partial charge is 0.504 e. The van der Waals surface area contributed by atoms with Crippen LogP contribution in [0.3, 0.4) is 0 Å². The number of phenolic OH excluding ortho intramolecular Hbond substituents is 2. The number of nitrogens with zero attached hydrogens (tertiary/aromatic N) is 2. The van der Waals surface area contributed by atoms with E-state index in [-0.39, 0.29) is 35.4 Å². The maximum absolute atomic E-state index is 12.5. The highest BCUT2D eigenvalue weighted by Crippen LogP contribution is 2.33. The number of amides is 1. The second-order valence-electron chi connectivity index (χ2n) is 5.96. The van der Waals surface area contributed by atoms with Crippen molar-refractivity contribution in [3.63, 3.8) is 0 Å². The molecule has 2 aliphatic rings. The van der Waals surface area contributed by atoms with E-state index in [1.807, 2.05) is 0 Å². The van der Waals surface area contributed by atoms with Crippen molar-refractivity contribution in [2.75, 3.05) is 13.1 Å². The van der Waals surface area contributed by atoms with Crippen molar-refractivity contribution in [2.24, 2.45) is 0 Å². The smallest absolute Gasteiger partial charge is 0.240 e. The maximum atomic E-state index is 12.5. The molecule has 0 spiro atoms. The quantitative estimate of drug-likeness (QED) is 0.710. The van der Waals surface area contributed by atoms with Crippen molar-refractivity contribution in [3.05, 3.63) is 23.8 Å². The normalized spacial score (nSPS) is 27.8. The molecule has 0 aromatic heterocycles. The SMILES string of the molecule is N#C[C@@H]1CCCN1C(=O)[C@@H]1C[C@H](c2ccc(O)c(O)c2)CN1. The van der Waals surface area contributed by atoms with Crippen molar-refractivity contribution >= 4 is 5.91 Å². The lowest BCUT2D eigenvalue weighted by Crippen LogP contribution is -2.45. The summed E-state index contributed by atoms with van der Waals surface area (Å²) in [5.74, 6) is -0.175. The van der Waals surface area contributed by atoms with Gasteiger partial charge in [-0.2, -0.15) is 5.26 Å². The van der Waals surface area contributed by atoms with E-state index in [1.165, 1.54) is 6.07 Å². The summed E-state index contributed by atoms with van der Waals surface area (Å²) in [6.07, 6.45) is 2.27. The number of likely N-dealkylation sites (tertiary alicyclic amines) is 1. The number of hydrogen-bond donors (Lipinski definition) is 3. The zero-order valence-corrected chi connectivity index (χ0v) is 12.2. The molecule has 6 nitrogen and oxygen atoms in total. The van der Waals surface area contributed by atoms with Crippen LogP contribution in [0.15, 0.2) is 18.2 Å². The summed E-state index contributed by atoms with van der Waals surface area (Å²) < 4.78 is 0. The molecule has 0 radical (unpaired) electrons. The van der Waals surface area contributed by atoms with Crippen LogP contribution in [-0.2, 0) is 4.79 Å². The third-order valence-corrected chi connectivity index (χ3v) is 4.58. The van der Waals surface area contributed by atoms with E-state index in [9.17, 15) is 15.0 Å². The molecular formula is C16H19N3O3. The molecule has 0 bridgehead atoms. The highest BCUT2D eigenvalue weighted by molar-refractivity contribution is 5.83. The first kappa shape index (κ1) is 14.7. The molecule has 1 aromatic carbocycles. The number of rotatable bonds is 2. The van der Waals surface area contributed by atoms with Crippen LogP contribution in [0.25, 0.3) is 0 Å². The third kappa shape index (κ3) is 2.60. The molecule has 0 saturated carbocycles. The summed E-state index contributed by atoms with van der Waals surface area (Å²) in [4.78, 5) is 14.2. The van der Waals surface area contributed by atoms with Gasteiger partial charge in [-0.3, -0.25) is 4.79 Å². The van der Waals surface area contributed by atoms with Gasteiger partial charge in [0.05, 0.1) is 12.1 Å². The van der Waals surface area contributed by atoms with Crippen molar-refractivity contribution in [1.29, 1.82) is 5.26 Å². The number of aromatic hydroxyl groups is 2. The fourth-order valence-corrected chi connectivity index (χ4v) is 3.34. The molecule has 3 atom stereocenters. The molecule has 6 heteroatoms. The Hall–Kier alpha value is -2.26. The second kappa shape index (κ2) is 5.85. The van der Waals surface area contributed by atoms with E-state index in [2.05, 4.69) is 11.4 Å². The Bertz CT molecular complexity index is 626. The molecule has 0 aliphatic carbocycles. The lowest BCUT2D eigenvalue weighted by Gasteiger charge is -2.23. The standard InChI is InChI=1S/C16H19N3O3/c17-8-12-2-1-5-19(12)16(22)13-6-11(9-18-13)10-3-4-14(20)15(21)7-10/h3-4,7,11-13,18,20-21H,1-2,5-6,9H2/t11-,12-,13-/m0/s1. The molecule has 116 valence electrons. The summed E-state index contributed by atoms with van der Waals surface area (Å²) in [5.41, 5.74) is 0.899. The van der Waals surface area contributed by atoms with Crippen LogP contribution in [0.2, 0.25) is 0 Å². The van der Waals surface area contributed by atoms with Crippen molar-refractivity contribution in [2.45, 2.75) is 37.3 Å². The van der Waals surface area contributed by atoms with E-state index in [0.29, 0.717) is 19.5 Å². The Kier molecular flexibility index (Phi) is 3.90. The monoisotopic (exact) mass is 301 g/mol. The second-order valence-corrected chi connectivity index (χ2v) is 5.96. The average Bonchev–Trinajstić information content (AvgIpc) is 3.17. The van der Waals surface area contributed by atoms with Gasteiger partial charge < -0.3 is 20.4 Å². The molecule has 1 amide bonds. The Morgan fingerprint density at radius 1 is 1.36 bits per heavy atom. The van der Waals surface area contributed by atoms with Crippen LogP contribution in [-0.4, -0.2) is 46.2 Å². The van der Waals surface area contributed by atoms with Crippen LogP contribution < -0.4 is 5.32 Å². The number of carbonyl (C=O) groups excluding carboxylic acids is 1. The van der Waals surface area contributed by atoms with Crippen LogP contribution in [0.5, 0.6) is 11.5 Å². The molecule has 2 fully saturated rings.